The summed E-state index contributed by atoms with van der Waals surface area (Å²) in [6.07, 6.45) is 1.83. The minimum atomic E-state index is 0.861. The quantitative estimate of drug-likeness (QED) is 0.493. The number of para-hydroxylation sites is 4. The van der Waals surface area contributed by atoms with Crippen LogP contribution in [0, 0.1) is 6.92 Å². The van der Waals surface area contributed by atoms with Gasteiger partial charge in [-0.2, -0.15) is 0 Å². The van der Waals surface area contributed by atoms with Crippen molar-refractivity contribution in [2.24, 2.45) is 0 Å². The fourth-order valence-electron chi connectivity index (χ4n) is 3.17. The van der Waals surface area contributed by atoms with Gasteiger partial charge in [-0.25, -0.2) is 9.97 Å². The van der Waals surface area contributed by atoms with Crippen molar-refractivity contribution in [2.75, 3.05) is 0 Å². The summed E-state index contributed by atoms with van der Waals surface area (Å²) in [4.78, 5) is 17.6. The monoisotopic (exact) mass is 310 g/mol. The van der Waals surface area contributed by atoms with Gasteiger partial charge in [0.2, 0.25) is 0 Å². The Morgan fingerprint density at radius 1 is 0.833 bits per heavy atom. The van der Waals surface area contributed by atoms with Crippen LogP contribution in [-0.2, 0) is 0 Å². The molecule has 0 atom stereocenters. The number of nitrogens with one attached hydrogen (secondary N) is 1. The average Bonchev–Trinajstić information content (AvgIpc) is 2.95. The van der Waals surface area contributed by atoms with Gasteiger partial charge in [-0.3, -0.25) is 4.98 Å². The van der Waals surface area contributed by atoms with Crippen LogP contribution in [0.15, 0.2) is 60.8 Å². The minimum Gasteiger partial charge on any atom is -0.351 e. The van der Waals surface area contributed by atoms with Crippen molar-refractivity contribution in [3.63, 3.8) is 0 Å². The van der Waals surface area contributed by atoms with Gasteiger partial charge < -0.3 is 4.98 Å². The molecule has 1 N–H and O–H groups in total. The summed E-state index contributed by atoms with van der Waals surface area (Å²) in [5.41, 5.74) is 8.82. The van der Waals surface area contributed by atoms with Crippen molar-refractivity contribution in [3.8, 4) is 22.6 Å². The highest BCUT2D eigenvalue weighted by atomic mass is 14.9. The molecule has 0 radical (unpaired) electrons. The normalized spacial score (nSPS) is 11.5. The molecule has 0 saturated heterocycles. The van der Waals surface area contributed by atoms with Crippen LogP contribution in [0.2, 0.25) is 0 Å². The molecule has 1 aliphatic carbocycles. The lowest BCUT2D eigenvalue weighted by Crippen LogP contribution is -1.93. The van der Waals surface area contributed by atoms with E-state index in [9.17, 15) is 0 Å². The number of hydrogen-bond donors (Lipinski definition) is 1. The number of aromatic nitrogens is 4. The maximum atomic E-state index is 4.81. The first kappa shape index (κ1) is 13.2. The second kappa shape index (κ2) is 4.86. The van der Waals surface area contributed by atoms with Gasteiger partial charge in [0, 0.05) is 5.56 Å². The molecule has 114 valence electrons. The Kier molecular flexibility index (Phi) is 2.67. The lowest BCUT2D eigenvalue weighted by atomic mass is 10.1. The highest BCUT2D eigenvalue weighted by Gasteiger charge is 2.19. The van der Waals surface area contributed by atoms with Crippen LogP contribution in [0.3, 0.4) is 0 Å². The number of H-pyrrole nitrogens is 1. The number of benzene rings is 2. The molecule has 4 nitrogen and oxygen atoms in total. The lowest BCUT2D eigenvalue weighted by Gasteiger charge is -2.07. The van der Waals surface area contributed by atoms with Gasteiger partial charge in [-0.05, 0) is 42.8 Å². The van der Waals surface area contributed by atoms with Gasteiger partial charge in [-0.15, -0.1) is 0 Å². The van der Waals surface area contributed by atoms with E-state index in [4.69, 9.17) is 9.97 Å². The molecule has 0 saturated carbocycles. The van der Waals surface area contributed by atoms with Crippen LogP contribution in [0.1, 0.15) is 5.56 Å². The summed E-state index contributed by atoms with van der Waals surface area (Å²) >= 11 is 0. The highest BCUT2D eigenvalue weighted by Crippen LogP contribution is 2.36. The van der Waals surface area contributed by atoms with Crippen LogP contribution in [0.4, 0.5) is 0 Å². The van der Waals surface area contributed by atoms with Crippen LogP contribution in [0.25, 0.3) is 44.7 Å². The zero-order valence-electron chi connectivity index (χ0n) is 13.1. The van der Waals surface area contributed by atoms with Crippen molar-refractivity contribution in [1.29, 1.82) is 0 Å². The molecule has 1 aromatic heterocycles. The molecule has 0 amide bonds. The standard InChI is InChI=1S/C20H14N4/c1-12-10-13(18-11-21-14-6-2-3-7-15(14)22-18)20-19(12)23-16-8-4-5-9-17(16)24-20/h2-11,24H,1H3. The molecule has 5 rings (SSSR count). The largest absolute Gasteiger partial charge is 0.351 e. The molecule has 3 aromatic rings. The number of aryl methyl sites for hydroxylation is 1. The average molecular weight is 310 g/mol. The first-order valence-corrected chi connectivity index (χ1v) is 7.90. The number of aromatic amines is 1. The highest BCUT2D eigenvalue weighted by molar-refractivity contribution is 5.90. The van der Waals surface area contributed by atoms with Crippen molar-refractivity contribution in [2.45, 2.75) is 6.92 Å². The number of hydrogen-bond acceptors (Lipinski definition) is 3. The molecule has 0 bridgehead atoms. The maximum absolute atomic E-state index is 4.81. The number of nitrogens with zero attached hydrogens (tertiary/aromatic N) is 3. The zero-order chi connectivity index (χ0) is 16.1. The van der Waals surface area contributed by atoms with Gasteiger partial charge in [0.15, 0.2) is 0 Å². The Morgan fingerprint density at radius 3 is 2.46 bits per heavy atom. The third kappa shape index (κ3) is 1.90. The summed E-state index contributed by atoms with van der Waals surface area (Å²) in [7, 11) is 0. The second-order valence-electron chi connectivity index (χ2n) is 5.96. The summed E-state index contributed by atoms with van der Waals surface area (Å²) in [6.45, 7) is 2.08. The first-order chi connectivity index (χ1) is 11.8. The van der Waals surface area contributed by atoms with Crippen LogP contribution in [-0.4, -0.2) is 19.9 Å². The van der Waals surface area contributed by atoms with E-state index < -0.39 is 0 Å². The molecule has 0 unspecified atom stereocenters. The van der Waals surface area contributed by atoms with Gasteiger partial charge in [0.05, 0.1) is 45.3 Å². The third-order valence-corrected chi connectivity index (χ3v) is 4.36. The number of rotatable bonds is 1. The van der Waals surface area contributed by atoms with E-state index >= 15 is 0 Å². The molecule has 0 fully saturated rings. The molecule has 2 heterocycles. The Morgan fingerprint density at radius 2 is 1.58 bits per heavy atom. The molecule has 24 heavy (non-hydrogen) atoms. The van der Waals surface area contributed by atoms with Gasteiger partial charge in [0.1, 0.15) is 0 Å². The van der Waals surface area contributed by atoms with E-state index in [-0.39, 0.29) is 0 Å². The van der Waals surface area contributed by atoms with E-state index in [1.165, 1.54) is 0 Å². The Hall–Kier alpha value is -3.27. The summed E-state index contributed by atoms with van der Waals surface area (Å²) in [6, 6.07) is 18.1. The smallest absolute Gasteiger partial charge is 0.0914 e. The zero-order valence-corrected chi connectivity index (χ0v) is 13.1. The summed E-state index contributed by atoms with van der Waals surface area (Å²) in [5.74, 6) is 0. The van der Waals surface area contributed by atoms with Gasteiger partial charge in [0.25, 0.3) is 0 Å². The molecular formula is C20H14N4. The van der Waals surface area contributed by atoms with Crippen LogP contribution in [0.5, 0.6) is 0 Å². The van der Waals surface area contributed by atoms with Crippen molar-refractivity contribution in [1.82, 2.24) is 19.9 Å². The van der Waals surface area contributed by atoms with Gasteiger partial charge >= 0.3 is 0 Å². The molecule has 4 heteroatoms. The first-order valence-electron chi connectivity index (χ1n) is 7.90. The predicted octanol–water partition coefficient (Wildman–Crippen LogP) is 4.59. The molecular weight excluding hydrogens is 296 g/mol. The minimum absolute atomic E-state index is 0.861. The van der Waals surface area contributed by atoms with E-state index in [1.54, 1.807) is 0 Å². The van der Waals surface area contributed by atoms with E-state index in [2.05, 4.69) is 23.0 Å². The van der Waals surface area contributed by atoms with Crippen LogP contribution >= 0.6 is 0 Å². The van der Waals surface area contributed by atoms with Crippen molar-refractivity contribution >= 4 is 22.1 Å². The van der Waals surface area contributed by atoms with Gasteiger partial charge in [-0.1, -0.05) is 24.3 Å². The predicted molar refractivity (Wildman–Crippen MR) is 96.0 cm³/mol. The topological polar surface area (TPSA) is 54.5 Å². The summed E-state index contributed by atoms with van der Waals surface area (Å²) in [5, 5.41) is 0. The summed E-state index contributed by atoms with van der Waals surface area (Å²) < 4.78 is 0. The Labute approximate surface area is 138 Å². The van der Waals surface area contributed by atoms with E-state index in [1.807, 2.05) is 54.7 Å². The van der Waals surface area contributed by atoms with Crippen molar-refractivity contribution in [3.05, 3.63) is 66.4 Å². The second-order valence-corrected chi connectivity index (χ2v) is 5.96. The lowest BCUT2D eigenvalue weighted by molar-refractivity contribution is 1.26. The fourth-order valence-corrected chi connectivity index (χ4v) is 3.17. The third-order valence-electron chi connectivity index (χ3n) is 4.36. The number of fused-ring (bicyclic) bond motifs is 3. The SMILES string of the molecule is Cc1cc(-c2cnc3ccccc3n2)c2[nH]c3ccccc3nc1-2. The Balaban J connectivity index is 1.80. The maximum Gasteiger partial charge on any atom is 0.0914 e. The molecule has 0 spiro atoms. The molecule has 2 aliphatic rings. The van der Waals surface area contributed by atoms with Crippen LogP contribution < -0.4 is 0 Å². The van der Waals surface area contributed by atoms with Crippen molar-refractivity contribution < 1.29 is 0 Å². The molecule has 1 aliphatic heterocycles. The van der Waals surface area contributed by atoms with E-state index in [0.717, 1.165) is 50.3 Å². The fraction of sp³-hybridized carbons (Fsp3) is 0.0500. The Bertz CT molecular complexity index is 1170. The van der Waals surface area contributed by atoms with E-state index in [0.29, 0.717) is 0 Å². The molecule has 2 aromatic carbocycles.